The van der Waals surface area contributed by atoms with Gasteiger partial charge in [-0.1, -0.05) is 20.3 Å². The Morgan fingerprint density at radius 1 is 1.15 bits per heavy atom. The maximum Gasteiger partial charge on any atom is 0.596 e. The van der Waals surface area contributed by atoms with E-state index in [0.717, 1.165) is 12.8 Å². The van der Waals surface area contributed by atoms with Gasteiger partial charge in [-0.15, -0.1) is 0 Å². The summed E-state index contributed by atoms with van der Waals surface area (Å²) in [6.07, 6.45) is 2.22. The van der Waals surface area contributed by atoms with Crippen LogP contribution in [-0.4, -0.2) is 36.3 Å². The molecule has 0 heterocycles. The molecule has 0 aromatic rings. The summed E-state index contributed by atoms with van der Waals surface area (Å²) in [5.74, 6) is 0. The maximum atomic E-state index is 5.24. The Labute approximate surface area is 82.0 Å². The van der Waals surface area contributed by atoms with Crippen LogP contribution >= 0.6 is 0 Å². The molecule has 0 spiro atoms. The van der Waals surface area contributed by atoms with Crippen LogP contribution in [0.3, 0.4) is 0 Å². The largest absolute Gasteiger partial charge is 0.596 e. The van der Waals surface area contributed by atoms with Gasteiger partial charge in [0.25, 0.3) is 0 Å². The van der Waals surface area contributed by atoms with E-state index < -0.39 is 8.97 Å². The number of hydrogen-bond donors (Lipinski definition) is 1. The number of nitrogens with one attached hydrogen (secondary N) is 1. The predicted molar refractivity (Wildman–Crippen MR) is 54.3 cm³/mol. The molecule has 4 nitrogen and oxygen atoms in total. The highest BCUT2D eigenvalue weighted by Crippen LogP contribution is 2.05. The Morgan fingerprint density at radius 2 is 1.62 bits per heavy atom. The summed E-state index contributed by atoms with van der Waals surface area (Å²) in [5, 5.41) is 0. The Morgan fingerprint density at radius 3 is 1.92 bits per heavy atom. The highest BCUT2D eigenvalue weighted by molar-refractivity contribution is 6.57. The Hall–Kier alpha value is 0.0569. The van der Waals surface area contributed by atoms with Crippen LogP contribution in [0, 0.1) is 0 Å². The molecule has 0 bridgehead atoms. The van der Waals surface area contributed by atoms with E-state index in [1.807, 2.05) is 0 Å². The molecule has 13 heavy (non-hydrogen) atoms. The van der Waals surface area contributed by atoms with Crippen LogP contribution in [-0.2, 0) is 13.3 Å². The minimum absolute atomic E-state index is 0.358. The third-order valence-corrected chi connectivity index (χ3v) is 4.41. The van der Waals surface area contributed by atoms with E-state index >= 15 is 0 Å². The van der Waals surface area contributed by atoms with Crippen molar-refractivity contribution in [1.82, 2.24) is 4.98 Å². The highest BCUT2D eigenvalue weighted by atomic mass is 28.4. The summed E-state index contributed by atoms with van der Waals surface area (Å²) < 4.78 is 15.7. The van der Waals surface area contributed by atoms with Crippen LogP contribution in [0.15, 0.2) is 0 Å². The molecule has 1 unspecified atom stereocenters. The molecular weight excluding hydrogens is 186 g/mol. The summed E-state index contributed by atoms with van der Waals surface area (Å²) in [7, 11) is 2.24. The van der Waals surface area contributed by atoms with E-state index in [1.165, 1.54) is 0 Å². The van der Waals surface area contributed by atoms with Crippen LogP contribution in [0.25, 0.3) is 0 Å². The molecule has 0 rings (SSSR count). The molecule has 0 radical (unpaired) electrons. The summed E-state index contributed by atoms with van der Waals surface area (Å²) >= 11 is 0. The van der Waals surface area contributed by atoms with E-state index in [0.29, 0.717) is 6.04 Å². The zero-order valence-electron chi connectivity index (χ0n) is 9.22. The molecule has 5 heteroatoms. The molecule has 0 aliphatic heterocycles. The van der Waals surface area contributed by atoms with Gasteiger partial charge >= 0.3 is 8.97 Å². The second kappa shape index (κ2) is 6.50. The molecule has 0 amide bonds. The Balaban J connectivity index is 4.07. The van der Waals surface area contributed by atoms with Crippen molar-refractivity contribution in [3.8, 4) is 0 Å². The summed E-state index contributed by atoms with van der Waals surface area (Å²) in [5.41, 5.74) is 0. The molecule has 1 N–H and O–H groups in total. The van der Waals surface area contributed by atoms with Gasteiger partial charge in [-0.3, -0.25) is 4.98 Å². The molecule has 0 aromatic carbocycles. The molecule has 0 aromatic heterocycles. The first-order valence-electron chi connectivity index (χ1n) is 4.57. The minimum atomic E-state index is -2.57. The van der Waals surface area contributed by atoms with Gasteiger partial charge < -0.3 is 13.3 Å². The third kappa shape index (κ3) is 4.19. The van der Waals surface area contributed by atoms with E-state index in [2.05, 4.69) is 18.8 Å². The molecular formula is C8H21NO3Si. The molecule has 0 saturated heterocycles. The smallest absolute Gasteiger partial charge is 0.364 e. The van der Waals surface area contributed by atoms with Gasteiger partial charge in [-0.25, -0.2) is 0 Å². The van der Waals surface area contributed by atoms with Crippen molar-refractivity contribution in [2.75, 3.05) is 21.3 Å². The molecule has 0 aliphatic rings. The standard InChI is InChI=1S/C8H21NO3Si/c1-6-7-8(2)9-13(10-3,11-4)12-5/h8-9H,6-7H2,1-5H3. The lowest BCUT2D eigenvalue weighted by molar-refractivity contribution is 0.105. The van der Waals surface area contributed by atoms with Gasteiger partial charge in [0.05, 0.1) is 0 Å². The fourth-order valence-corrected chi connectivity index (χ4v) is 2.84. The molecule has 1 atom stereocenters. The Kier molecular flexibility index (Phi) is 6.53. The zero-order valence-corrected chi connectivity index (χ0v) is 10.2. The molecule has 0 fully saturated rings. The summed E-state index contributed by atoms with van der Waals surface area (Å²) in [6, 6.07) is 0.358. The first-order chi connectivity index (χ1) is 6.14. The van der Waals surface area contributed by atoms with Crippen molar-refractivity contribution in [1.29, 1.82) is 0 Å². The lowest BCUT2D eigenvalue weighted by atomic mass is 10.2. The van der Waals surface area contributed by atoms with Gasteiger partial charge in [0.15, 0.2) is 0 Å². The van der Waals surface area contributed by atoms with Gasteiger partial charge in [-0.2, -0.15) is 0 Å². The lowest BCUT2D eigenvalue weighted by Gasteiger charge is -2.27. The van der Waals surface area contributed by atoms with Crippen LogP contribution in [0.4, 0.5) is 0 Å². The first-order valence-corrected chi connectivity index (χ1v) is 6.29. The highest BCUT2D eigenvalue weighted by Gasteiger charge is 2.39. The second-order valence-electron chi connectivity index (χ2n) is 3.00. The average molecular weight is 207 g/mol. The van der Waals surface area contributed by atoms with Crippen molar-refractivity contribution in [2.24, 2.45) is 0 Å². The third-order valence-electron chi connectivity index (χ3n) is 1.95. The zero-order chi connectivity index (χ0) is 10.3. The molecule has 0 saturated carbocycles. The van der Waals surface area contributed by atoms with Gasteiger partial charge in [0.2, 0.25) is 0 Å². The number of rotatable bonds is 7. The van der Waals surface area contributed by atoms with Crippen molar-refractivity contribution in [3.63, 3.8) is 0 Å². The number of hydrogen-bond acceptors (Lipinski definition) is 4. The van der Waals surface area contributed by atoms with Crippen molar-refractivity contribution in [2.45, 2.75) is 32.7 Å². The molecule has 0 aliphatic carbocycles. The van der Waals surface area contributed by atoms with Crippen molar-refractivity contribution >= 4 is 8.97 Å². The minimum Gasteiger partial charge on any atom is -0.364 e. The normalized spacial score (nSPS) is 14.5. The molecule has 80 valence electrons. The van der Waals surface area contributed by atoms with E-state index in [9.17, 15) is 0 Å². The van der Waals surface area contributed by atoms with Crippen LogP contribution < -0.4 is 4.98 Å². The fraction of sp³-hybridized carbons (Fsp3) is 1.00. The van der Waals surface area contributed by atoms with E-state index in [-0.39, 0.29) is 0 Å². The quantitative estimate of drug-likeness (QED) is 0.636. The van der Waals surface area contributed by atoms with Gasteiger partial charge in [0.1, 0.15) is 0 Å². The maximum absolute atomic E-state index is 5.24. The second-order valence-corrected chi connectivity index (χ2v) is 5.63. The van der Waals surface area contributed by atoms with Crippen LogP contribution in [0.2, 0.25) is 0 Å². The van der Waals surface area contributed by atoms with Gasteiger partial charge in [-0.05, 0) is 6.42 Å². The predicted octanol–water partition coefficient (Wildman–Crippen LogP) is 1.14. The summed E-state index contributed by atoms with van der Waals surface area (Å²) in [6.45, 7) is 4.25. The van der Waals surface area contributed by atoms with Gasteiger partial charge in [0, 0.05) is 27.4 Å². The topological polar surface area (TPSA) is 39.7 Å². The van der Waals surface area contributed by atoms with E-state index in [1.54, 1.807) is 21.3 Å². The van der Waals surface area contributed by atoms with Crippen LogP contribution in [0.1, 0.15) is 26.7 Å². The van der Waals surface area contributed by atoms with E-state index in [4.69, 9.17) is 13.3 Å². The first kappa shape index (κ1) is 13.1. The SMILES string of the molecule is CCCC(C)N[Si](OC)(OC)OC. The monoisotopic (exact) mass is 207 g/mol. The van der Waals surface area contributed by atoms with Crippen molar-refractivity contribution in [3.05, 3.63) is 0 Å². The van der Waals surface area contributed by atoms with Crippen LogP contribution in [0.5, 0.6) is 0 Å². The van der Waals surface area contributed by atoms with Crippen molar-refractivity contribution < 1.29 is 13.3 Å². The Bertz CT molecular complexity index is 122. The average Bonchev–Trinajstić information content (AvgIpc) is 2.15. The fourth-order valence-electron chi connectivity index (χ4n) is 1.23. The summed E-state index contributed by atoms with van der Waals surface area (Å²) in [4.78, 5) is 3.25. The lowest BCUT2D eigenvalue weighted by Crippen LogP contribution is -2.59.